The van der Waals surface area contributed by atoms with E-state index in [0.717, 1.165) is 2.88 Å². The predicted octanol–water partition coefficient (Wildman–Crippen LogP) is 0.436. The molecule has 6 heteroatoms. The van der Waals surface area contributed by atoms with Crippen LogP contribution in [0.3, 0.4) is 0 Å². The quantitative estimate of drug-likeness (QED) is 0.703. The zero-order valence-corrected chi connectivity index (χ0v) is 10.2. The van der Waals surface area contributed by atoms with Crippen molar-refractivity contribution in [2.45, 2.75) is 6.04 Å². The Labute approximate surface area is 99.1 Å². The summed E-state index contributed by atoms with van der Waals surface area (Å²) in [5, 5.41) is 21.8. The molecule has 0 fully saturated rings. The number of carbonyl (C=O) groups is 1. The van der Waals surface area contributed by atoms with Crippen LogP contribution in [0.5, 0.6) is 0 Å². The maximum absolute atomic E-state index is 11.5. The van der Waals surface area contributed by atoms with Gasteiger partial charge in [0.25, 0.3) is 5.91 Å². The fourth-order valence-electron chi connectivity index (χ4n) is 0.847. The summed E-state index contributed by atoms with van der Waals surface area (Å²) in [5.74, 6) is -0.266. The molecule has 4 nitrogen and oxygen atoms in total. The van der Waals surface area contributed by atoms with E-state index >= 15 is 0 Å². The number of hydrogen-bond donors (Lipinski definition) is 3. The number of halogens is 1. The van der Waals surface area contributed by atoms with Gasteiger partial charge in [0.15, 0.2) is 0 Å². The van der Waals surface area contributed by atoms with Crippen LogP contribution in [0.25, 0.3) is 0 Å². The Morgan fingerprint density at radius 3 is 2.64 bits per heavy atom. The average molecular weight is 327 g/mol. The summed E-state index contributed by atoms with van der Waals surface area (Å²) < 4.78 is 1.03. The van der Waals surface area contributed by atoms with E-state index in [1.165, 1.54) is 11.3 Å². The monoisotopic (exact) mass is 327 g/mol. The molecule has 1 aromatic heterocycles. The standard InChI is InChI=1S/C8H10INO3S/c9-7-1-5(4-14-7)8(13)10-6(2-11)3-12/h1,4,6,11-12H,2-3H2,(H,10,13). The van der Waals surface area contributed by atoms with Crippen LogP contribution in [-0.4, -0.2) is 35.4 Å². The smallest absolute Gasteiger partial charge is 0.252 e. The molecule has 1 rings (SSSR count). The molecule has 0 spiro atoms. The second kappa shape index (κ2) is 5.64. The van der Waals surface area contributed by atoms with E-state index in [9.17, 15) is 4.79 Å². The van der Waals surface area contributed by atoms with E-state index in [1.807, 2.05) is 0 Å². The van der Waals surface area contributed by atoms with Gasteiger partial charge in [-0.15, -0.1) is 11.3 Å². The van der Waals surface area contributed by atoms with Gasteiger partial charge >= 0.3 is 0 Å². The molecule has 3 N–H and O–H groups in total. The molecule has 0 aliphatic heterocycles. The Morgan fingerprint density at radius 2 is 2.21 bits per heavy atom. The third-order valence-corrected chi connectivity index (χ3v) is 3.39. The van der Waals surface area contributed by atoms with Crippen molar-refractivity contribution in [2.75, 3.05) is 13.2 Å². The van der Waals surface area contributed by atoms with E-state index in [0.29, 0.717) is 5.56 Å². The third-order valence-electron chi connectivity index (χ3n) is 1.61. The van der Waals surface area contributed by atoms with Crippen LogP contribution in [0.15, 0.2) is 11.4 Å². The van der Waals surface area contributed by atoms with Crippen molar-refractivity contribution in [1.82, 2.24) is 5.32 Å². The van der Waals surface area contributed by atoms with Crippen LogP contribution in [0.2, 0.25) is 0 Å². The molecule has 14 heavy (non-hydrogen) atoms. The fourth-order valence-corrected chi connectivity index (χ4v) is 2.17. The number of rotatable bonds is 4. The van der Waals surface area contributed by atoms with Crippen LogP contribution < -0.4 is 5.32 Å². The van der Waals surface area contributed by atoms with Gasteiger partial charge in [0.05, 0.1) is 27.7 Å². The molecular weight excluding hydrogens is 317 g/mol. The van der Waals surface area contributed by atoms with Crippen molar-refractivity contribution in [2.24, 2.45) is 0 Å². The first-order valence-electron chi connectivity index (χ1n) is 3.94. The highest BCUT2D eigenvalue weighted by Crippen LogP contribution is 2.16. The van der Waals surface area contributed by atoms with Crippen molar-refractivity contribution in [1.29, 1.82) is 0 Å². The molecule has 0 saturated carbocycles. The van der Waals surface area contributed by atoms with Gasteiger partial charge in [0.2, 0.25) is 0 Å². The summed E-state index contributed by atoms with van der Waals surface area (Å²) in [6.07, 6.45) is 0. The van der Waals surface area contributed by atoms with Gasteiger partial charge in [0.1, 0.15) is 0 Å². The molecule has 1 aromatic rings. The third kappa shape index (κ3) is 3.19. The van der Waals surface area contributed by atoms with E-state index < -0.39 is 6.04 Å². The van der Waals surface area contributed by atoms with Gasteiger partial charge in [-0.25, -0.2) is 0 Å². The van der Waals surface area contributed by atoms with Crippen molar-refractivity contribution in [3.05, 3.63) is 19.9 Å². The fraction of sp³-hybridized carbons (Fsp3) is 0.375. The lowest BCUT2D eigenvalue weighted by Crippen LogP contribution is -2.39. The minimum atomic E-state index is -0.583. The van der Waals surface area contributed by atoms with Gasteiger partial charge < -0.3 is 15.5 Å². The molecule has 1 amide bonds. The molecule has 0 aromatic carbocycles. The predicted molar refractivity (Wildman–Crippen MR) is 62.5 cm³/mol. The summed E-state index contributed by atoms with van der Waals surface area (Å²) in [6, 6.07) is 1.17. The molecule has 0 bridgehead atoms. The summed E-state index contributed by atoms with van der Waals surface area (Å²) >= 11 is 3.60. The first-order valence-corrected chi connectivity index (χ1v) is 5.89. The summed E-state index contributed by atoms with van der Waals surface area (Å²) in [4.78, 5) is 11.5. The maximum Gasteiger partial charge on any atom is 0.252 e. The molecule has 0 aliphatic rings. The second-order valence-corrected chi connectivity index (χ2v) is 5.48. The van der Waals surface area contributed by atoms with Gasteiger partial charge in [-0.05, 0) is 28.7 Å². The molecule has 1 heterocycles. The Balaban J connectivity index is 2.58. The molecule has 0 atom stereocenters. The first-order chi connectivity index (χ1) is 6.67. The highest BCUT2D eigenvalue weighted by atomic mass is 127. The minimum absolute atomic E-state index is 0.260. The molecule has 0 unspecified atom stereocenters. The molecule has 78 valence electrons. The van der Waals surface area contributed by atoms with Crippen LogP contribution >= 0.6 is 33.9 Å². The normalized spacial score (nSPS) is 10.6. The van der Waals surface area contributed by atoms with Crippen LogP contribution in [-0.2, 0) is 0 Å². The summed E-state index contributed by atoms with van der Waals surface area (Å²) in [6.45, 7) is -0.521. The number of nitrogens with one attached hydrogen (secondary N) is 1. The van der Waals surface area contributed by atoms with E-state index in [4.69, 9.17) is 10.2 Å². The number of aliphatic hydroxyl groups excluding tert-OH is 2. The first kappa shape index (κ1) is 11.9. The zero-order chi connectivity index (χ0) is 10.6. The molecular formula is C8H10INO3S. The van der Waals surface area contributed by atoms with Crippen LogP contribution in [0.4, 0.5) is 0 Å². The number of thiophene rings is 1. The van der Waals surface area contributed by atoms with E-state index in [-0.39, 0.29) is 19.1 Å². The lowest BCUT2D eigenvalue weighted by Gasteiger charge is -2.12. The number of carbonyl (C=O) groups excluding carboxylic acids is 1. The molecule has 0 aliphatic carbocycles. The van der Waals surface area contributed by atoms with Gasteiger partial charge in [-0.2, -0.15) is 0 Å². The van der Waals surface area contributed by atoms with Gasteiger partial charge in [-0.3, -0.25) is 4.79 Å². The van der Waals surface area contributed by atoms with Crippen molar-refractivity contribution in [3.8, 4) is 0 Å². The highest BCUT2D eigenvalue weighted by Gasteiger charge is 2.12. The maximum atomic E-state index is 11.5. The average Bonchev–Trinajstić information content (AvgIpc) is 2.61. The Hall–Kier alpha value is -0.180. The Morgan fingerprint density at radius 1 is 1.57 bits per heavy atom. The van der Waals surface area contributed by atoms with Gasteiger partial charge in [-0.1, -0.05) is 0 Å². The molecule has 0 saturated heterocycles. The topological polar surface area (TPSA) is 69.6 Å². The van der Waals surface area contributed by atoms with Crippen LogP contribution in [0.1, 0.15) is 10.4 Å². The molecule has 0 radical (unpaired) electrons. The van der Waals surface area contributed by atoms with E-state index in [1.54, 1.807) is 11.4 Å². The lowest BCUT2D eigenvalue weighted by molar-refractivity contribution is 0.0880. The van der Waals surface area contributed by atoms with Crippen LogP contribution in [0, 0.1) is 2.88 Å². The van der Waals surface area contributed by atoms with Crippen molar-refractivity contribution < 1.29 is 15.0 Å². The lowest BCUT2D eigenvalue weighted by atomic mass is 10.2. The zero-order valence-electron chi connectivity index (χ0n) is 7.24. The van der Waals surface area contributed by atoms with Crippen molar-refractivity contribution >= 4 is 39.8 Å². The SMILES string of the molecule is O=C(NC(CO)CO)c1csc(I)c1. The van der Waals surface area contributed by atoms with Crippen molar-refractivity contribution in [3.63, 3.8) is 0 Å². The second-order valence-electron chi connectivity index (χ2n) is 2.68. The summed E-state index contributed by atoms with van der Waals surface area (Å²) in [5.41, 5.74) is 0.561. The minimum Gasteiger partial charge on any atom is -0.394 e. The largest absolute Gasteiger partial charge is 0.394 e. The Kier molecular flexibility index (Phi) is 4.79. The number of amides is 1. The summed E-state index contributed by atoms with van der Waals surface area (Å²) in [7, 11) is 0. The number of aliphatic hydroxyl groups is 2. The van der Waals surface area contributed by atoms with E-state index in [2.05, 4.69) is 27.9 Å². The Bertz CT molecular complexity index is 311. The highest BCUT2D eigenvalue weighted by molar-refractivity contribution is 14.1. The van der Waals surface area contributed by atoms with Gasteiger partial charge in [0, 0.05) is 5.38 Å². The number of hydrogen-bond acceptors (Lipinski definition) is 4.